The van der Waals surface area contributed by atoms with Crippen LogP contribution in [-0.4, -0.2) is 54.9 Å². The molecule has 0 aromatic carbocycles. The maximum Gasteiger partial charge on any atom is 0.239 e. The molecule has 2 heterocycles. The van der Waals surface area contributed by atoms with Crippen molar-refractivity contribution in [3.63, 3.8) is 0 Å². The Labute approximate surface area is 127 Å². The Morgan fingerprint density at radius 3 is 2.62 bits per heavy atom. The number of hydrogen-bond donors (Lipinski definition) is 1. The Hall–Kier alpha value is -0.620. The molecule has 21 heavy (non-hydrogen) atoms. The van der Waals surface area contributed by atoms with Gasteiger partial charge in [-0.2, -0.15) is 0 Å². The maximum atomic E-state index is 12.7. The van der Waals surface area contributed by atoms with Crippen LogP contribution in [0.1, 0.15) is 46.0 Å². The molecule has 0 spiro atoms. The summed E-state index contributed by atoms with van der Waals surface area (Å²) in [6, 6.07) is 0.393. The predicted molar refractivity (Wildman–Crippen MR) is 81.7 cm³/mol. The molecule has 0 radical (unpaired) electrons. The summed E-state index contributed by atoms with van der Waals surface area (Å²) in [7, 11) is -3.09. The first-order valence-corrected chi connectivity index (χ1v) is 9.72. The molecule has 3 fully saturated rings. The Bertz CT molecular complexity index is 515. The third-order valence-electron chi connectivity index (χ3n) is 5.52. The smallest absolute Gasteiger partial charge is 0.239 e. The fraction of sp³-hybridized carbons (Fsp3) is 0.933. The number of carbonyl (C=O) groups is 1. The van der Waals surface area contributed by atoms with Crippen molar-refractivity contribution >= 4 is 15.7 Å². The first-order chi connectivity index (χ1) is 9.80. The van der Waals surface area contributed by atoms with Gasteiger partial charge in [0.15, 0.2) is 9.84 Å². The molecule has 3 rings (SSSR count). The van der Waals surface area contributed by atoms with Gasteiger partial charge in [-0.25, -0.2) is 8.42 Å². The van der Waals surface area contributed by atoms with E-state index in [0.29, 0.717) is 25.0 Å². The van der Waals surface area contributed by atoms with Crippen molar-refractivity contribution in [3.05, 3.63) is 0 Å². The molecule has 0 bridgehead atoms. The van der Waals surface area contributed by atoms with Crippen LogP contribution in [0.4, 0.5) is 0 Å². The average Bonchev–Trinajstić information content (AvgIpc) is 2.85. The molecule has 3 atom stereocenters. The lowest BCUT2D eigenvalue weighted by Gasteiger charge is -2.38. The zero-order valence-corrected chi connectivity index (χ0v) is 13.8. The lowest BCUT2D eigenvalue weighted by molar-refractivity contribution is -0.133. The molecular formula is C15H26N2O3S. The Morgan fingerprint density at radius 2 is 1.95 bits per heavy atom. The van der Waals surface area contributed by atoms with Crippen molar-refractivity contribution in [1.29, 1.82) is 0 Å². The minimum Gasteiger partial charge on any atom is -0.339 e. The van der Waals surface area contributed by atoms with Gasteiger partial charge in [0.05, 0.1) is 16.5 Å². The van der Waals surface area contributed by atoms with Gasteiger partial charge in [-0.1, -0.05) is 12.8 Å². The number of amides is 1. The minimum absolute atomic E-state index is 0.0886. The van der Waals surface area contributed by atoms with E-state index in [0.717, 1.165) is 6.42 Å². The summed E-state index contributed by atoms with van der Waals surface area (Å²) in [5, 5.41) is 3.50. The SMILES string of the molecule is CC1(C)CN(C(=O)C2CC3CCCCC3N2)CCS1(=O)=O. The molecule has 5 nitrogen and oxygen atoms in total. The van der Waals surface area contributed by atoms with Gasteiger partial charge in [0.2, 0.25) is 5.91 Å². The number of rotatable bonds is 1. The largest absolute Gasteiger partial charge is 0.339 e. The molecule has 1 N–H and O–H groups in total. The molecule has 2 aliphatic heterocycles. The Balaban J connectivity index is 1.67. The van der Waals surface area contributed by atoms with Gasteiger partial charge >= 0.3 is 0 Å². The topological polar surface area (TPSA) is 66.5 Å². The standard InChI is InChI=1S/C15H26N2O3S/c1-15(2)10-17(7-8-21(15,19)20)14(18)13-9-11-5-3-4-6-12(11)16-13/h11-13,16H,3-10H2,1-2H3. The van der Waals surface area contributed by atoms with Crippen LogP contribution in [0.25, 0.3) is 0 Å². The predicted octanol–water partition coefficient (Wildman–Crippen LogP) is 0.943. The highest BCUT2D eigenvalue weighted by Gasteiger charge is 2.45. The zero-order valence-electron chi connectivity index (χ0n) is 13.0. The summed E-state index contributed by atoms with van der Waals surface area (Å²) in [4.78, 5) is 14.5. The van der Waals surface area contributed by atoms with Crippen LogP contribution in [0.5, 0.6) is 0 Å². The van der Waals surface area contributed by atoms with Gasteiger partial charge in [0.1, 0.15) is 0 Å². The van der Waals surface area contributed by atoms with E-state index in [2.05, 4.69) is 5.32 Å². The summed E-state index contributed by atoms with van der Waals surface area (Å²) in [6.07, 6.45) is 5.85. The normalized spacial score (nSPS) is 38.0. The van der Waals surface area contributed by atoms with Gasteiger partial charge in [-0.05, 0) is 39.0 Å². The Kier molecular flexibility index (Phi) is 3.81. The quantitative estimate of drug-likeness (QED) is 0.782. The second kappa shape index (κ2) is 5.23. The van der Waals surface area contributed by atoms with Crippen LogP contribution in [0.3, 0.4) is 0 Å². The molecule has 0 aromatic heterocycles. The number of nitrogens with one attached hydrogen (secondary N) is 1. The first kappa shape index (κ1) is 15.3. The van der Waals surface area contributed by atoms with Crippen LogP contribution in [0, 0.1) is 5.92 Å². The van der Waals surface area contributed by atoms with E-state index in [1.807, 2.05) is 0 Å². The monoisotopic (exact) mass is 314 g/mol. The molecule has 1 saturated carbocycles. The van der Waals surface area contributed by atoms with E-state index in [4.69, 9.17) is 0 Å². The van der Waals surface area contributed by atoms with E-state index in [1.165, 1.54) is 25.7 Å². The van der Waals surface area contributed by atoms with Crippen LogP contribution >= 0.6 is 0 Å². The Morgan fingerprint density at radius 1 is 1.24 bits per heavy atom. The fourth-order valence-electron chi connectivity index (χ4n) is 4.06. The highest BCUT2D eigenvalue weighted by atomic mass is 32.2. The number of fused-ring (bicyclic) bond motifs is 1. The van der Waals surface area contributed by atoms with E-state index in [1.54, 1.807) is 18.7 Å². The maximum absolute atomic E-state index is 12.7. The average molecular weight is 314 g/mol. The van der Waals surface area contributed by atoms with Crippen molar-refractivity contribution in [2.24, 2.45) is 5.92 Å². The summed E-state index contributed by atoms with van der Waals surface area (Å²) >= 11 is 0. The second-order valence-electron chi connectivity index (χ2n) is 7.44. The summed E-state index contributed by atoms with van der Waals surface area (Å²) < 4.78 is 23.3. The summed E-state index contributed by atoms with van der Waals surface area (Å²) in [5.74, 6) is 0.826. The van der Waals surface area contributed by atoms with E-state index >= 15 is 0 Å². The molecular weight excluding hydrogens is 288 g/mol. The summed E-state index contributed by atoms with van der Waals surface area (Å²) in [6.45, 7) is 4.12. The molecule has 0 aromatic rings. The van der Waals surface area contributed by atoms with Gasteiger partial charge in [0, 0.05) is 19.1 Å². The number of sulfone groups is 1. The van der Waals surface area contributed by atoms with Crippen molar-refractivity contribution < 1.29 is 13.2 Å². The van der Waals surface area contributed by atoms with E-state index in [-0.39, 0.29) is 17.7 Å². The minimum atomic E-state index is -3.09. The van der Waals surface area contributed by atoms with Gasteiger partial charge in [-0.15, -0.1) is 0 Å². The molecule has 6 heteroatoms. The highest BCUT2D eigenvalue weighted by molar-refractivity contribution is 7.92. The highest BCUT2D eigenvalue weighted by Crippen LogP contribution is 2.34. The summed E-state index contributed by atoms with van der Waals surface area (Å²) in [5.41, 5.74) is 0. The van der Waals surface area contributed by atoms with E-state index < -0.39 is 14.6 Å². The lowest BCUT2D eigenvalue weighted by Crippen LogP contribution is -2.57. The molecule has 2 saturated heterocycles. The second-order valence-corrected chi connectivity index (χ2v) is 10.2. The van der Waals surface area contributed by atoms with Crippen LogP contribution in [0.15, 0.2) is 0 Å². The van der Waals surface area contributed by atoms with Gasteiger partial charge in [0.25, 0.3) is 0 Å². The molecule has 3 unspecified atom stereocenters. The van der Waals surface area contributed by atoms with E-state index in [9.17, 15) is 13.2 Å². The van der Waals surface area contributed by atoms with Gasteiger partial charge in [-0.3, -0.25) is 4.79 Å². The third-order valence-corrected chi connectivity index (χ3v) is 8.05. The third kappa shape index (κ3) is 2.72. The van der Waals surface area contributed by atoms with Crippen molar-refractivity contribution in [2.45, 2.75) is 62.8 Å². The lowest BCUT2D eigenvalue weighted by atomic mass is 9.85. The van der Waals surface area contributed by atoms with Crippen LogP contribution < -0.4 is 5.32 Å². The van der Waals surface area contributed by atoms with Crippen molar-refractivity contribution in [3.8, 4) is 0 Å². The molecule has 120 valence electrons. The van der Waals surface area contributed by atoms with Crippen molar-refractivity contribution in [1.82, 2.24) is 10.2 Å². The van der Waals surface area contributed by atoms with Gasteiger partial charge < -0.3 is 10.2 Å². The van der Waals surface area contributed by atoms with Crippen molar-refractivity contribution in [2.75, 3.05) is 18.8 Å². The molecule has 3 aliphatic rings. The van der Waals surface area contributed by atoms with Crippen LogP contribution in [-0.2, 0) is 14.6 Å². The number of nitrogens with zero attached hydrogens (tertiary/aromatic N) is 1. The molecule has 1 aliphatic carbocycles. The zero-order chi connectivity index (χ0) is 15.3. The number of carbonyl (C=O) groups excluding carboxylic acids is 1. The fourth-order valence-corrected chi connectivity index (χ4v) is 5.43. The van der Waals surface area contributed by atoms with Crippen LogP contribution in [0.2, 0.25) is 0 Å². The first-order valence-electron chi connectivity index (χ1n) is 8.07. The number of hydrogen-bond acceptors (Lipinski definition) is 4. The molecule has 1 amide bonds.